The van der Waals surface area contributed by atoms with Crippen molar-refractivity contribution in [2.45, 2.75) is 65.9 Å². The van der Waals surface area contributed by atoms with E-state index in [1.165, 1.54) is 24.0 Å². The molecule has 0 radical (unpaired) electrons. The third-order valence-corrected chi connectivity index (χ3v) is 4.68. The van der Waals surface area contributed by atoms with Gasteiger partial charge in [0.15, 0.2) is 6.10 Å². The number of benzene rings is 2. The molecule has 2 rings (SSSR count). The number of hydrogen-bond acceptors (Lipinski definition) is 3. The van der Waals surface area contributed by atoms with Crippen molar-refractivity contribution in [3.63, 3.8) is 0 Å². The van der Waals surface area contributed by atoms with Crippen LogP contribution in [0.4, 0.5) is 5.69 Å². The number of anilines is 1. The molecule has 152 valence electrons. The lowest BCUT2D eigenvalue weighted by molar-refractivity contribution is -0.122. The van der Waals surface area contributed by atoms with Gasteiger partial charge in [-0.2, -0.15) is 0 Å². The predicted molar refractivity (Wildman–Crippen MR) is 115 cm³/mol. The molecule has 28 heavy (non-hydrogen) atoms. The SMILES string of the molecule is CCCCCOc1ccc(NC(=O)C(C)Oc2ccc(C(C)C)c(C)c2)cc1. The van der Waals surface area contributed by atoms with E-state index in [9.17, 15) is 4.79 Å². The van der Waals surface area contributed by atoms with Gasteiger partial charge in [-0.3, -0.25) is 4.79 Å². The molecule has 2 aromatic carbocycles. The average Bonchev–Trinajstić information content (AvgIpc) is 2.66. The Morgan fingerprint density at radius 3 is 2.29 bits per heavy atom. The third kappa shape index (κ3) is 6.59. The van der Waals surface area contributed by atoms with Crippen molar-refractivity contribution < 1.29 is 14.3 Å². The minimum Gasteiger partial charge on any atom is -0.494 e. The predicted octanol–water partition coefficient (Wildman–Crippen LogP) is 6.09. The van der Waals surface area contributed by atoms with Crippen molar-refractivity contribution in [1.82, 2.24) is 0 Å². The molecule has 1 N–H and O–H groups in total. The Balaban J connectivity index is 1.87. The van der Waals surface area contributed by atoms with E-state index < -0.39 is 6.10 Å². The Hall–Kier alpha value is -2.49. The lowest BCUT2D eigenvalue weighted by Gasteiger charge is -2.17. The van der Waals surface area contributed by atoms with Crippen LogP contribution in [-0.4, -0.2) is 18.6 Å². The Morgan fingerprint density at radius 1 is 1.00 bits per heavy atom. The molecule has 0 spiro atoms. The second-order valence-corrected chi connectivity index (χ2v) is 7.50. The molecule has 0 aliphatic heterocycles. The number of amides is 1. The fourth-order valence-electron chi connectivity index (χ4n) is 3.05. The zero-order valence-electron chi connectivity index (χ0n) is 17.7. The van der Waals surface area contributed by atoms with Gasteiger partial charge in [-0.1, -0.05) is 39.7 Å². The number of hydrogen-bond donors (Lipinski definition) is 1. The minimum absolute atomic E-state index is 0.179. The van der Waals surface area contributed by atoms with Gasteiger partial charge in [0, 0.05) is 5.69 Å². The summed E-state index contributed by atoms with van der Waals surface area (Å²) in [5.74, 6) is 1.81. The molecule has 0 bridgehead atoms. The molecule has 0 saturated heterocycles. The number of nitrogens with one attached hydrogen (secondary N) is 1. The summed E-state index contributed by atoms with van der Waals surface area (Å²) in [7, 11) is 0. The highest BCUT2D eigenvalue weighted by Gasteiger charge is 2.15. The quantitative estimate of drug-likeness (QED) is 0.505. The van der Waals surface area contributed by atoms with Crippen LogP contribution in [0, 0.1) is 6.92 Å². The Bertz CT molecular complexity index is 753. The van der Waals surface area contributed by atoms with Crippen LogP contribution in [0.1, 0.15) is 64.0 Å². The van der Waals surface area contributed by atoms with Gasteiger partial charge in [0.1, 0.15) is 11.5 Å². The van der Waals surface area contributed by atoms with Crippen LogP contribution in [-0.2, 0) is 4.79 Å². The van der Waals surface area contributed by atoms with Crippen LogP contribution in [0.25, 0.3) is 0 Å². The fourth-order valence-corrected chi connectivity index (χ4v) is 3.05. The van der Waals surface area contributed by atoms with E-state index in [4.69, 9.17) is 9.47 Å². The number of carbonyl (C=O) groups is 1. The fraction of sp³-hybridized carbons (Fsp3) is 0.458. The minimum atomic E-state index is -0.589. The number of aryl methyl sites for hydroxylation is 1. The Labute approximate surface area is 169 Å². The van der Waals surface area contributed by atoms with Crippen LogP contribution in [0.3, 0.4) is 0 Å². The van der Waals surface area contributed by atoms with E-state index in [0.717, 1.165) is 24.5 Å². The summed E-state index contributed by atoms with van der Waals surface area (Å²) < 4.78 is 11.5. The zero-order chi connectivity index (χ0) is 20.5. The van der Waals surface area contributed by atoms with Gasteiger partial charge in [0.25, 0.3) is 5.91 Å². The highest BCUT2D eigenvalue weighted by Crippen LogP contribution is 2.24. The van der Waals surface area contributed by atoms with Crippen LogP contribution in [0.5, 0.6) is 11.5 Å². The maximum atomic E-state index is 12.4. The van der Waals surface area contributed by atoms with Crippen LogP contribution >= 0.6 is 0 Å². The first-order chi connectivity index (χ1) is 13.4. The first kappa shape index (κ1) is 21.8. The van der Waals surface area contributed by atoms with Crippen LogP contribution < -0.4 is 14.8 Å². The zero-order valence-corrected chi connectivity index (χ0v) is 17.7. The highest BCUT2D eigenvalue weighted by atomic mass is 16.5. The standard InChI is InChI=1S/C24H33NO3/c1-6-7-8-15-27-21-11-9-20(10-12-21)25-24(26)19(5)28-22-13-14-23(17(2)3)18(4)16-22/h9-14,16-17,19H,6-8,15H2,1-5H3,(H,25,26). The molecule has 1 unspecified atom stereocenters. The van der Waals surface area contributed by atoms with Gasteiger partial charge in [-0.15, -0.1) is 0 Å². The summed E-state index contributed by atoms with van der Waals surface area (Å²) in [4.78, 5) is 12.4. The molecule has 0 fully saturated rings. The largest absolute Gasteiger partial charge is 0.494 e. The van der Waals surface area contributed by atoms with Crippen molar-refractivity contribution in [3.05, 3.63) is 53.6 Å². The molecule has 2 aromatic rings. The van der Waals surface area contributed by atoms with E-state index in [-0.39, 0.29) is 5.91 Å². The number of carbonyl (C=O) groups excluding carboxylic acids is 1. The van der Waals surface area contributed by atoms with Gasteiger partial charge in [-0.25, -0.2) is 0 Å². The molecule has 1 amide bonds. The number of rotatable bonds is 10. The van der Waals surface area contributed by atoms with Crippen molar-refractivity contribution in [2.75, 3.05) is 11.9 Å². The Kier molecular flexibility index (Phi) is 8.37. The first-order valence-electron chi connectivity index (χ1n) is 10.2. The van der Waals surface area contributed by atoms with Gasteiger partial charge < -0.3 is 14.8 Å². The molecule has 4 heteroatoms. The highest BCUT2D eigenvalue weighted by molar-refractivity contribution is 5.94. The lowest BCUT2D eigenvalue weighted by Crippen LogP contribution is -2.30. The molecule has 0 aliphatic carbocycles. The van der Waals surface area contributed by atoms with Gasteiger partial charge in [0.05, 0.1) is 6.61 Å². The van der Waals surface area contributed by atoms with E-state index in [2.05, 4.69) is 39.1 Å². The van der Waals surface area contributed by atoms with Crippen molar-refractivity contribution in [3.8, 4) is 11.5 Å². The van der Waals surface area contributed by atoms with Crippen molar-refractivity contribution in [2.24, 2.45) is 0 Å². The monoisotopic (exact) mass is 383 g/mol. The van der Waals surface area contributed by atoms with Gasteiger partial charge in [0.2, 0.25) is 0 Å². The summed E-state index contributed by atoms with van der Waals surface area (Å²) in [6, 6.07) is 13.4. The maximum Gasteiger partial charge on any atom is 0.265 e. The summed E-state index contributed by atoms with van der Waals surface area (Å²) in [5.41, 5.74) is 3.20. The smallest absolute Gasteiger partial charge is 0.265 e. The van der Waals surface area contributed by atoms with Gasteiger partial charge in [-0.05, 0) is 73.7 Å². The Morgan fingerprint density at radius 2 is 1.68 bits per heavy atom. The molecular weight excluding hydrogens is 350 g/mol. The second kappa shape index (κ2) is 10.7. The molecule has 4 nitrogen and oxygen atoms in total. The molecule has 1 atom stereocenters. The topological polar surface area (TPSA) is 47.6 Å². The van der Waals surface area contributed by atoms with E-state index >= 15 is 0 Å². The lowest BCUT2D eigenvalue weighted by atomic mass is 9.98. The maximum absolute atomic E-state index is 12.4. The summed E-state index contributed by atoms with van der Waals surface area (Å²) in [5, 5.41) is 2.89. The summed E-state index contributed by atoms with van der Waals surface area (Å²) in [6.45, 7) is 11.1. The van der Waals surface area contributed by atoms with E-state index in [0.29, 0.717) is 11.7 Å². The normalized spacial score (nSPS) is 11.9. The average molecular weight is 384 g/mol. The van der Waals surface area contributed by atoms with E-state index in [1.807, 2.05) is 36.4 Å². The number of ether oxygens (including phenoxy) is 2. The molecule has 0 heterocycles. The molecule has 0 aliphatic rings. The summed E-state index contributed by atoms with van der Waals surface area (Å²) in [6.07, 6.45) is 2.82. The molecule has 0 saturated carbocycles. The first-order valence-corrected chi connectivity index (χ1v) is 10.2. The number of unbranched alkanes of at least 4 members (excludes halogenated alkanes) is 2. The second-order valence-electron chi connectivity index (χ2n) is 7.50. The van der Waals surface area contributed by atoms with Crippen molar-refractivity contribution in [1.29, 1.82) is 0 Å². The third-order valence-electron chi connectivity index (χ3n) is 4.68. The van der Waals surface area contributed by atoms with Crippen LogP contribution in [0.15, 0.2) is 42.5 Å². The summed E-state index contributed by atoms with van der Waals surface area (Å²) >= 11 is 0. The van der Waals surface area contributed by atoms with Crippen molar-refractivity contribution >= 4 is 11.6 Å². The van der Waals surface area contributed by atoms with Crippen LogP contribution in [0.2, 0.25) is 0 Å². The van der Waals surface area contributed by atoms with E-state index in [1.54, 1.807) is 6.92 Å². The van der Waals surface area contributed by atoms with Gasteiger partial charge >= 0.3 is 0 Å². The molecule has 0 aromatic heterocycles. The molecular formula is C24H33NO3.